The fourth-order valence-electron chi connectivity index (χ4n) is 1.26. The second-order valence-electron chi connectivity index (χ2n) is 2.70. The molecule has 1 aliphatic carbocycles. The lowest BCUT2D eigenvalue weighted by Crippen LogP contribution is -2.49. The topological polar surface area (TPSA) is 83.6 Å². The van der Waals surface area contributed by atoms with Gasteiger partial charge in [-0.05, 0) is 19.3 Å². The predicted octanol–water partition coefficient (Wildman–Crippen LogP) is -1.25. The minimum atomic E-state index is -1.65. The zero-order valence-corrected chi connectivity index (χ0v) is 5.58. The van der Waals surface area contributed by atoms with Gasteiger partial charge in [-0.25, -0.2) is 0 Å². The molecule has 0 unspecified atom stereocenters. The molecule has 2 atom stereocenters. The Morgan fingerprint density at radius 1 is 1.70 bits per heavy atom. The molecule has 4 N–H and O–H groups in total. The molecule has 1 rings (SSSR count). The van der Waals surface area contributed by atoms with E-state index in [0.717, 1.165) is 0 Å². The number of carbonyl (C=O) groups is 1. The summed E-state index contributed by atoms with van der Waals surface area (Å²) in [5, 5.41) is 18.4. The van der Waals surface area contributed by atoms with Gasteiger partial charge in [0.25, 0.3) is 5.91 Å². The molecule has 58 valence electrons. The molecular weight excluding hydrogens is 134 g/mol. The van der Waals surface area contributed by atoms with E-state index in [2.05, 4.69) is 0 Å². The summed E-state index contributed by atoms with van der Waals surface area (Å²) in [4.78, 5) is 10.5. The van der Waals surface area contributed by atoms with Gasteiger partial charge >= 0.3 is 0 Å². The first-order valence-electron chi connectivity index (χ1n) is 3.28. The fourth-order valence-corrected chi connectivity index (χ4v) is 1.26. The third-order valence-electron chi connectivity index (χ3n) is 2.01. The number of carbonyl (C=O) groups excluding carboxylic acids is 1. The minimum absolute atomic E-state index is 0.281. The molecule has 0 spiro atoms. The summed E-state index contributed by atoms with van der Waals surface area (Å²) < 4.78 is 0. The average molecular weight is 145 g/mol. The third-order valence-corrected chi connectivity index (χ3v) is 2.01. The summed E-state index contributed by atoms with van der Waals surface area (Å²) in [6.45, 7) is 0. The number of hydrogen-bond acceptors (Lipinski definition) is 3. The average Bonchev–Trinajstić information content (AvgIpc) is 2.15. The highest BCUT2D eigenvalue weighted by atomic mass is 16.4. The first kappa shape index (κ1) is 7.50. The van der Waals surface area contributed by atoms with Crippen LogP contribution in [0.2, 0.25) is 0 Å². The van der Waals surface area contributed by atoms with E-state index in [1.165, 1.54) is 0 Å². The standard InChI is InChI=1S/C6H11NO3/c7-5(9)6(10)3-1-2-4(6)8/h4,8,10H,1-3H2,(H2,7,9)/t4-,6-/m0/s1. The van der Waals surface area contributed by atoms with Crippen LogP contribution in [0.15, 0.2) is 0 Å². The summed E-state index contributed by atoms with van der Waals surface area (Å²) in [7, 11) is 0. The first-order chi connectivity index (χ1) is 4.57. The van der Waals surface area contributed by atoms with Crippen molar-refractivity contribution in [1.29, 1.82) is 0 Å². The maximum Gasteiger partial charge on any atom is 0.252 e. The van der Waals surface area contributed by atoms with Crippen LogP contribution in [0.5, 0.6) is 0 Å². The largest absolute Gasteiger partial charge is 0.390 e. The molecule has 0 aromatic heterocycles. The maximum absolute atomic E-state index is 10.5. The van der Waals surface area contributed by atoms with E-state index in [1.807, 2.05) is 0 Å². The molecule has 0 heterocycles. The van der Waals surface area contributed by atoms with E-state index in [4.69, 9.17) is 10.8 Å². The van der Waals surface area contributed by atoms with E-state index < -0.39 is 17.6 Å². The van der Waals surface area contributed by atoms with Crippen molar-refractivity contribution in [3.05, 3.63) is 0 Å². The first-order valence-corrected chi connectivity index (χ1v) is 3.28. The Balaban J connectivity index is 2.75. The van der Waals surface area contributed by atoms with Crippen molar-refractivity contribution in [2.45, 2.75) is 31.0 Å². The molecule has 0 aliphatic heterocycles. The number of aliphatic hydroxyl groups is 2. The molecule has 0 aromatic rings. The SMILES string of the molecule is NC(=O)[C@]1(O)CCC[C@@H]1O. The zero-order valence-electron chi connectivity index (χ0n) is 5.58. The van der Waals surface area contributed by atoms with Gasteiger partial charge in [0.05, 0.1) is 6.10 Å². The van der Waals surface area contributed by atoms with E-state index >= 15 is 0 Å². The normalized spacial score (nSPS) is 40.0. The van der Waals surface area contributed by atoms with Gasteiger partial charge in [0.1, 0.15) is 0 Å². The van der Waals surface area contributed by atoms with Gasteiger partial charge in [-0.15, -0.1) is 0 Å². The minimum Gasteiger partial charge on any atom is -0.390 e. The van der Waals surface area contributed by atoms with Crippen LogP contribution in [0.25, 0.3) is 0 Å². The van der Waals surface area contributed by atoms with Gasteiger partial charge in [-0.2, -0.15) is 0 Å². The second kappa shape index (κ2) is 2.21. The number of hydrogen-bond donors (Lipinski definition) is 3. The summed E-state index contributed by atoms with van der Waals surface area (Å²) in [5.41, 5.74) is 3.22. The molecule has 4 heteroatoms. The Bertz CT molecular complexity index is 159. The van der Waals surface area contributed by atoms with Crippen molar-refractivity contribution in [1.82, 2.24) is 0 Å². The van der Waals surface area contributed by atoms with Gasteiger partial charge in [-0.3, -0.25) is 4.79 Å². The molecule has 10 heavy (non-hydrogen) atoms. The van der Waals surface area contributed by atoms with Crippen molar-refractivity contribution in [2.24, 2.45) is 5.73 Å². The van der Waals surface area contributed by atoms with E-state index in [0.29, 0.717) is 12.8 Å². The highest BCUT2D eigenvalue weighted by molar-refractivity contribution is 5.84. The summed E-state index contributed by atoms with van der Waals surface area (Å²) in [6.07, 6.45) is 0.425. The Morgan fingerprint density at radius 2 is 2.30 bits per heavy atom. The van der Waals surface area contributed by atoms with Crippen LogP contribution in [-0.4, -0.2) is 27.8 Å². The molecule has 1 amide bonds. The van der Waals surface area contributed by atoms with Gasteiger partial charge in [0.2, 0.25) is 0 Å². The van der Waals surface area contributed by atoms with Crippen molar-refractivity contribution in [3.63, 3.8) is 0 Å². The lowest BCUT2D eigenvalue weighted by molar-refractivity contribution is -0.145. The van der Waals surface area contributed by atoms with E-state index in [1.54, 1.807) is 0 Å². The second-order valence-corrected chi connectivity index (χ2v) is 2.70. The maximum atomic E-state index is 10.5. The van der Waals surface area contributed by atoms with Crippen LogP contribution in [0.1, 0.15) is 19.3 Å². The fraction of sp³-hybridized carbons (Fsp3) is 0.833. The summed E-state index contributed by atoms with van der Waals surface area (Å²) in [6, 6.07) is 0. The molecular formula is C6H11NO3. The third kappa shape index (κ3) is 0.892. The predicted molar refractivity (Wildman–Crippen MR) is 34.0 cm³/mol. The molecule has 1 aliphatic rings. The van der Waals surface area contributed by atoms with Gasteiger partial charge in [0.15, 0.2) is 5.60 Å². The van der Waals surface area contributed by atoms with Crippen LogP contribution in [0, 0.1) is 0 Å². The Hall–Kier alpha value is -0.610. The Kier molecular flexibility index (Phi) is 1.66. The number of rotatable bonds is 1. The number of nitrogens with two attached hydrogens (primary N) is 1. The lowest BCUT2D eigenvalue weighted by Gasteiger charge is -2.21. The van der Waals surface area contributed by atoms with Gasteiger partial charge < -0.3 is 15.9 Å². The Morgan fingerprint density at radius 3 is 2.50 bits per heavy atom. The lowest BCUT2D eigenvalue weighted by atomic mass is 10.00. The van der Waals surface area contributed by atoms with Crippen LogP contribution < -0.4 is 5.73 Å². The number of aliphatic hydroxyl groups excluding tert-OH is 1. The molecule has 0 saturated heterocycles. The highest BCUT2D eigenvalue weighted by Crippen LogP contribution is 2.29. The number of primary amides is 1. The van der Waals surface area contributed by atoms with Gasteiger partial charge in [0, 0.05) is 0 Å². The van der Waals surface area contributed by atoms with Gasteiger partial charge in [-0.1, -0.05) is 0 Å². The smallest absolute Gasteiger partial charge is 0.252 e. The van der Waals surface area contributed by atoms with E-state index in [-0.39, 0.29) is 6.42 Å². The van der Waals surface area contributed by atoms with E-state index in [9.17, 15) is 9.90 Å². The molecule has 1 saturated carbocycles. The highest BCUT2D eigenvalue weighted by Gasteiger charge is 2.45. The Labute approximate surface area is 58.6 Å². The van der Waals surface area contributed by atoms with Crippen molar-refractivity contribution in [2.75, 3.05) is 0 Å². The molecule has 0 radical (unpaired) electrons. The molecule has 0 aromatic carbocycles. The van der Waals surface area contributed by atoms with Crippen molar-refractivity contribution in [3.8, 4) is 0 Å². The number of amides is 1. The monoisotopic (exact) mass is 145 g/mol. The van der Waals surface area contributed by atoms with Crippen LogP contribution in [0.4, 0.5) is 0 Å². The van der Waals surface area contributed by atoms with Crippen molar-refractivity contribution < 1.29 is 15.0 Å². The quantitative estimate of drug-likeness (QED) is 0.431. The summed E-state index contributed by atoms with van der Waals surface area (Å²) >= 11 is 0. The molecule has 1 fully saturated rings. The van der Waals surface area contributed by atoms with Crippen LogP contribution in [0.3, 0.4) is 0 Å². The zero-order chi connectivity index (χ0) is 7.78. The summed E-state index contributed by atoms with van der Waals surface area (Å²) in [5.74, 6) is -0.822. The molecule has 0 bridgehead atoms. The van der Waals surface area contributed by atoms with Crippen LogP contribution in [-0.2, 0) is 4.79 Å². The van der Waals surface area contributed by atoms with Crippen molar-refractivity contribution >= 4 is 5.91 Å². The molecule has 4 nitrogen and oxygen atoms in total. The van der Waals surface area contributed by atoms with Crippen LogP contribution >= 0.6 is 0 Å².